The number of aliphatic hydroxyl groups excluding tert-OH is 6. The van der Waals surface area contributed by atoms with Gasteiger partial charge in [0, 0.05) is 85.8 Å². The molecule has 0 bridgehead atoms. The maximum Gasteiger partial charge on any atom is 0.319 e. The fourth-order valence-electron chi connectivity index (χ4n) is 8.41. The van der Waals surface area contributed by atoms with E-state index in [1.165, 1.54) is 0 Å². The van der Waals surface area contributed by atoms with E-state index in [1.54, 1.807) is 62.3 Å². The average Bonchev–Trinajstić information content (AvgIpc) is 0.875. The summed E-state index contributed by atoms with van der Waals surface area (Å²) in [5.74, 6) is -1.86. The number of amides is 6. The van der Waals surface area contributed by atoms with Crippen molar-refractivity contribution in [1.82, 2.24) is 26.6 Å². The molecule has 548 valence electrons. The molecular weight excluding hydrogens is 1200 g/mol. The molecule has 0 unspecified atom stereocenters. The third-order valence-electron chi connectivity index (χ3n) is 11.8. The Kier molecular flexibility index (Phi) is 41.0. The van der Waals surface area contributed by atoms with E-state index in [0.29, 0.717) is 62.3 Å². The molecule has 21 nitrogen and oxygen atoms in total. The topological polar surface area (TPSA) is 347 Å². The smallest absolute Gasteiger partial charge is 0.319 e. The van der Waals surface area contributed by atoms with Gasteiger partial charge in [0.2, 0.25) is 0 Å². The molecule has 1 rings (SSSR count). The minimum atomic E-state index is -1.97. The Bertz CT molecular complexity index is 2310. The number of aliphatic hydroxyl groups is 6. The van der Waals surface area contributed by atoms with Crippen LogP contribution in [0.4, 0.5) is 15.3 Å². The van der Waals surface area contributed by atoms with Gasteiger partial charge in [-0.25, -0.2) is 9.59 Å². The summed E-state index contributed by atoms with van der Waals surface area (Å²) in [6.07, 6.45) is -4.52. The molecule has 0 aliphatic carbocycles. The number of Topliss-reactive ketones (excluding diaryl/α,β-unsaturated/α-hetero) is 5. The summed E-state index contributed by atoms with van der Waals surface area (Å²) in [7, 11) is 0. The zero-order valence-electron chi connectivity index (χ0n) is 64.1. The van der Waals surface area contributed by atoms with E-state index in [-0.39, 0.29) is 68.8 Å². The van der Waals surface area contributed by atoms with Gasteiger partial charge in [0.1, 0.15) is 41.8 Å². The molecular formula is C73H136N6O15. The van der Waals surface area contributed by atoms with Crippen LogP contribution in [-0.4, -0.2) is 149 Å². The van der Waals surface area contributed by atoms with E-state index in [0.717, 1.165) is 24.8 Å². The lowest BCUT2D eigenvalue weighted by atomic mass is 9.83. The number of rotatable bonds is 23. The second kappa shape index (κ2) is 40.5. The van der Waals surface area contributed by atoms with Gasteiger partial charge in [0.05, 0.1) is 0 Å². The Morgan fingerprint density at radius 1 is 0.340 bits per heavy atom. The SMILES string of the molecule is CC(C)(C)CC(=O)CC(C)(C)C.CC(C)(C)CC(=O)CCCCCNC(=O)NC(C)(C)C.CC(C)(C)CC(=O)Cc1ccc(NC(=O)NC(C)(C)C)cc1.CC(C)(C)CC(=O)[C@@H](O)[C@H](O)[C@H](O)[C@@H](O)C(=O)NC(C)(C)C.CC(C)(C)CC(=O)[C@H](O)[C@@H](O)C(=O)NC(C)(C)C. The Labute approximate surface area is 567 Å². The van der Waals surface area contributed by atoms with Crippen LogP contribution in [0.1, 0.15) is 277 Å². The van der Waals surface area contributed by atoms with Gasteiger partial charge in [-0.05, 0) is 146 Å². The van der Waals surface area contributed by atoms with Crippen LogP contribution in [0.2, 0.25) is 0 Å². The highest BCUT2D eigenvalue weighted by atomic mass is 16.4. The Morgan fingerprint density at radius 3 is 1.02 bits per heavy atom. The van der Waals surface area contributed by atoms with E-state index in [4.69, 9.17) is 0 Å². The van der Waals surface area contributed by atoms with Gasteiger partial charge in [-0.3, -0.25) is 33.6 Å². The largest absolute Gasteiger partial charge is 0.387 e. The van der Waals surface area contributed by atoms with Crippen LogP contribution in [0.5, 0.6) is 0 Å². The summed E-state index contributed by atoms with van der Waals surface area (Å²) in [5, 5.41) is 74.7. The summed E-state index contributed by atoms with van der Waals surface area (Å²) >= 11 is 0. The van der Waals surface area contributed by atoms with Crippen LogP contribution >= 0.6 is 0 Å². The van der Waals surface area contributed by atoms with Crippen molar-refractivity contribution in [3.05, 3.63) is 29.8 Å². The molecule has 1 aromatic rings. The summed E-state index contributed by atoms with van der Waals surface area (Å²) < 4.78 is 0. The molecule has 0 fully saturated rings. The van der Waals surface area contributed by atoms with Crippen molar-refractivity contribution in [3.8, 4) is 0 Å². The molecule has 0 spiro atoms. The first-order chi connectivity index (χ1) is 41.5. The molecule has 0 heterocycles. The number of anilines is 1. The maximum atomic E-state index is 12.0. The summed E-state index contributed by atoms with van der Waals surface area (Å²) in [4.78, 5) is 105. The van der Waals surface area contributed by atoms with Crippen LogP contribution in [0.15, 0.2) is 24.3 Å². The first-order valence-electron chi connectivity index (χ1n) is 33.1. The standard InChI is InChI=1S/C18H28N2O2.C16H32N2O2.C15H29NO6.C13H25NO4.C11H22O/c1-17(2,3)12-15(21)11-13-7-9-14(10-8-13)19-16(22)20-18(4,5)6;1-15(2,3)12-13(19)10-8-7-9-11-17-14(20)18-16(4,5)6;1-14(2,3)7-8(17)9(18)10(19)11(20)12(21)13(22)16-15(4,5)6;1-12(2,3)7-8(15)9(16)10(17)11(18)14-13(4,5)6;1-10(2,3)7-9(12)8-11(4,5)6/h7-10H,11-12H2,1-6H3,(H2,19,20,22);7-12H2,1-6H3,(H2,17,18,20);9-12,18-21H,7H2,1-6H3,(H,16,22);9-10,16-17H,7H2,1-6H3,(H,14,18);7-8H2,1-6H3/t;;9-,10+,11+,12-;9-,10+;/m..10./s1. The highest BCUT2D eigenvalue weighted by molar-refractivity contribution is 5.92. The van der Waals surface area contributed by atoms with Gasteiger partial charge in [-0.2, -0.15) is 0 Å². The Balaban J connectivity index is -0.000000545. The Hall–Kier alpha value is -5.19. The average molecular weight is 1340 g/mol. The first kappa shape index (κ1) is 95.2. The summed E-state index contributed by atoms with van der Waals surface area (Å²) in [6.45, 7) is 58.6. The number of benzene rings is 1. The molecule has 1 aromatic carbocycles. The van der Waals surface area contributed by atoms with Crippen LogP contribution in [0.3, 0.4) is 0 Å². The van der Waals surface area contributed by atoms with Crippen molar-refractivity contribution in [3.63, 3.8) is 0 Å². The van der Waals surface area contributed by atoms with Gasteiger partial charge in [0.25, 0.3) is 11.8 Å². The van der Waals surface area contributed by atoms with Gasteiger partial charge in [0.15, 0.2) is 23.8 Å². The van der Waals surface area contributed by atoms with Crippen molar-refractivity contribution in [2.24, 2.45) is 32.5 Å². The second-order valence-electron chi connectivity index (χ2n) is 36.4. The molecule has 6 atom stereocenters. The third-order valence-corrected chi connectivity index (χ3v) is 11.8. The fourth-order valence-corrected chi connectivity index (χ4v) is 8.41. The van der Waals surface area contributed by atoms with E-state index < -0.39 is 76.5 Å². The summed E-state index contributed by atoms with van der Waals surface area (Å²) in [6, 6.07) is 7.05. The van der Waals surface area contributed by atoms with E-state index >= 15 is 0 Å². The van der Waals surface area contributed by atoms with Crippen molar-refractivity contribution < 1.29 is 73.8 Å². The highest BCUT2D eigenvalue weighted by Gasteiger charge is 2.39. The highest BCUT2D eigenvalue weighted by Crippen LogP contribution is 2.27. The predicted molar refractivity (Wildman–Crippen MR) is 378 cm³/mol. The second-order valence-corrected chi connectivity index (χ2v) is 36.4. The zero-order chi connectivity index (χ0) is 75.4. The molecule has 0 aromatic heterocycles. The maximum absolute atomic E-state index is 12.0. The number of unbranched alkanes of at least 4 members (excludes halogenated alkanes) is 2. The summed E-state index contributed by atoms with van der Waals surface area (Å²) in [5.41, 5.74) is -0.257. The molecule has 21 heteroatoms. The van der Waals surface area contributed by atoms with Crippen molar-refractivity contribution in [2.45, 2.75) is 337 Å². The van der Waals surface area contributed by atoms with Gasteiger partial charge < -0.3 is 62.5 Å². The van der Waals surface area contributed by atoms with Gasteiger partial charge in [-0.15, -0.1) is 0 Å². The van der Waals surface area contributed by atoms with Crippen LogP contribution < -0.4 is 31.9 Å². The van der Waals surface area contributed by atoms with Crippen LogP contribution in [-0.2, 0) is 40.0 Å². The van der Waals surface area contributed by atoms with Crippen molar-refractivity contribution >= 4 is 58.5 Å². The fraction of sp³-hybridized carbons (Fsp3) is 0.795. The number of nitrogens with one attached hydrogen (secondary N) is 6. The molecule has 0 aliphatic heterocycles. The normalized spacial score (nSPS) is 14.4. The van der Waals surface area contributed by atoms with Crippen LogP contribution in [0.25, 0.3) is 0 Å². The number of carbonyl (C=O) groups excluding carboxylic acids is 9. The number of carbonyl (C=O) groups is 9. The van der Waals surface area contributed by atoms with E-state index in [1.807, 2.05) is 86.6 Å². The van der Waals surface area contributed by atoms with E-state index in [9.17, 15) is 73.8 Å². The van der Waals surface area contributed by atoms with Gasteiger partial charge >= 0.3 is 12.1 Å². The van der Waals surface area contributed by atoms with Crippen molar-refractivity contribution in [1.29, 1.82) is 0 Å². The zero-order valence-corrected chi connectivity index (χ0v) is 64.1. The molecule has 94 heavy (non-hydrogen) atoms. The first-order valence-corrected chi connectivity index (χ1v) is 33.1. The van der Waals surface area contributed by atoms with Gasteiger partial charge in [-0.1, -0.05) is 143 Å². The minimum absolute atomic E-state index is 0.0117. The molecule has 0 radical (unpaired) electrons. The molecule has 0 aliphatic rings. The lowest BCUT2D eigenvalue weighted by Crippen LogP contribution is -2.55. The number of hydrogen-bond donors (Lipinski definition) is 12. The minimum Gasteiger partial charge on any atom is -0.387 e. The predicted octanol–water partition coefficient (Wildman–Crippen LogP) is 11.2. The van der Waals surface area contributed by atoms with E-state index in [2.05, 4.69) is 115 Å². The molecule has 0 saturated heterocycles. The quantitative estimate of drug-likeness (QED) is 0.0453. The Morgan fingerprint density at radius 2 is 0.660 bits per heavy atom. The number of hydrogen-bond acceptors (Lipinski definition) is 15. The number of urea groups is 2. The lowest BCUT2D eigenvalue weighted by molar-refractivity contribution is -0.156. The molecule has 12 N–H and O–H groups in total. The molecule has 0 saturated carbocycles. The lowest BCUT2D eigenvalue weighted by Gasteiger charge is -2.29. The number of ketones is 5. The van der Waals surface area contributed by atoms with Crippen molar-refractivity contribution in [2.75, 3.05) is 11.9 Å². The van der Waals surface area contributed by atoms with Crippen LogP contribution in [0, 0.1) is 32.5 Å². The monoisotopic (exact) mass is 1340 g/mol. The third kappa shape index (κ3) is 59.3. The molecule has 6 amide bonds.